The van der Waals surface area contributed by atoms with Gasteiger partial charge in [-0.15, -0.1) is 0 Å². The van der Waals surface area contributed by atoms with Crippen molar-refractivity contribution in [3.8, 4) is 0 Å². The summed E-state index contributed by atoms with van der Waals surface area (Å²) >= 11 is 0. The molecule has 0 aromatic rings. The Hall–Kier alpha value is -0.0800. The fourth-order valence-electron chi connectivity index (χ4n) is 2.46. The Morgan fingerprint density at radius 2 is 1.93 bits per heavy atom. The van der Waals surface area contributed by atoms with Crippen LogP contribution in [0.15, 0.2) is 0 Å². The first-order valence-electron chi connectivity index (χ1n) is 6.19. The van der Waals surface area contributed by atoms with Crippen molar-refractivity contribution >= 4 is 0 Å². The summed E-state index contributed by atoms with van der Waals surface area (Å²) in [6, 6.07) is 0. The van der Waals surface area contributed by atoms with Crippen LogP contribution in [0.3, 0.4) is 0 Å². The predicted molar refractivity (Wildman–Crippen MR) is 60.8 cm³/mol. The average Bonchev–Trinajstić information content (AvgIpc) is 2.45. The summed E-state index contributed by atoms with van der Waals surface area (Å²) in [5.41, 5.74) is 0. The molecule has 0 aromatic heterocycles. The Morgan fingerprint density at radius 1 is 1.21 bits per heavy atom. The third-order valence-corrected chi connectivity index (χ3v) is 3.37. The first-order valence-corrected chi connectivity index (χ1v) is 6.19. The second kappa shape index (κ2) is 5.72. The van der Waals surface area contributed by atoms with Gasteiger partial charge in [0.05, 0.1) is 20.1 Å². The molecule has 1 rings (SSSR count). The van der Waals surface area contributed by atoms with Crippen molar-refractivity contribution in [1.29, 1.82) is 0 Å². The molecule has 2 heteroatoms. The van der Waals surface area contributed by atoms with Crippen LogP contribution < -0.4 is 0 Å². The van der Waals surface area contributed by atoms with Gasteiger partial charge in [0.2, 0.25) is 0 Å². The summed E-state index contributed by atoms with van der Waals surface area (Å²) < 4.78 is 0.0135. The molecule has 0 N–H and O–H groups in total. The lowest BCUT2D eigenvalue weighted by molar-refractivity contribution is -0.849. The van der Waals surface area contributed by atoms with Gasteiger partial charge in [-0.25, -0.2) is 0 Å². The van der Waals surface area contributed by atoms with E-state index in [-0.39, 0.29) is 4.65 Å². The van der Waals surface area contributed by atoms with Gasteiger partial charge in [-0.1, -0.05) is 39.0 Å². The van der Waals surface area contributed by atoms with E-state index in [1.54, 1.807) is 0 Å². The van der Waals surface area contributed by atoms with Crippen molar-refractivity contribution in [2.45, 2.75) is 51.9 Å². The van der Waals surface area contributed by atoms with E-state index in [1.165, 1.54) is 38.5 Å². The van der Waals surface area contributed by atoms with E-state index in [0.717, 1.165) is 25.4 Å². The van der Waals surface area contributed by atoms with Gasteiger partial charge in [-0.3, -0.25) is 0 Å². The van der Waals surface area contributed by atoms with Crippen LogP contribution in [0.25, 0.3) is 0 Å². The Balaban J connectivity index is 1.98. The number of likely N-dealkylation sites (tertiary alicyclic amines) is 1. The number of quaternary nitrogens is 1. The maximum atomic E-state index is 11.6. The van der Waals surface area contributed by atoms with Crippen LogP contribution in [0.4, 0.5) is 0 Å². The summed E-state index contributed by atoms with van der Waals surface area (Å²) in [4.78, 5) is 0. The quantitative estimate of drug-likeness (QED) is 0.365. The highest BCUT2D eigenvalue weighted by Gasteiger charge is 2.26. The average molecular weight is 199 g/mol. The Morgan fingerprint density at radius 3 is 2.50 bits per heavy atom. The second-order valence-corrected chi connectivity index (χ2v) is 5.06. The molecule has 1 fully saturated rings. The van der Waals surface area contributed by atoms with E-state index in [9.17, 15) is 5.21 Å². The highest BCUT2D eigenvalue weighted by Crippen LogP contribution is 2.25. The molecule has 0 bridgehead atoms. The van der Waals surface area contributed by atoms with Crippen molar-refractivity contribution in [3.05, 3.63) is 5.21 Å². The highest BCUT2D eigenvalue weighted by molar-refractivity contribution is 4.66. The lowest BCUT2D eigenvalue weighted by atomic mass is 10.00. The monoisotopic (exact) mass is 199 g/mol. The SMILES string of the molecule is CCCCCCCC1CC[N+](C)([O-])C1. The minimum Gasteiger partial charge on any atom is -0.633 e. The number of hydrogen-bond donors (Lipinski definition) is 0. The van der Waals surface area contributed by atoms with Crippen LogP contribution in [0.1, 0.15) is 51.9 Å². The number of nitrogens with zero attached hydrogens (tertiary/aromatic N) is 1. The van der Waals surface area contributed by atoms with Crippen molar-refractivity contribution in [1.82, 2.24) is 0 Å². The molecular weight excluding hydrogens is 174 g/mol. The Bertz CT molecular complexity index is 156. The molecule has 1 aliphatic rings. The normalized spacial score (nSPS) is 32.4. The van der Waals surface area contributed by atoms with Crippen molar-refractivity contribution in [2.75, 3.05) is 20.1 Å². The molecule has 1 aliphatic heterocycles. The molecule has 2 atom stereocenters. The molecule has 0 aromatic carbocycles. The fraction of sp³-hybridized carbons (Fsp3) is 1.00. The molecule has 14 heavy (non-hydrogen) atoms. The van der Waals surface area contributed by atoms with Gasteiger partial charge in [0.25, 0.3) is 0 Å². The van der Waals surface area contributed by atoms with Gasteiger partial charge >= 0.3 is 0 Å². The van der Waals surface area contributed by atoms with Crippen molar-refractivity contribution in [2.24, 2.45) is 5.92 Å². The van der Waals surface area contributed by atoms with E-state index in [4.69, 9.17) is 0 Å². The lowest BCUT2D eigenvalue weighted by Gasteiger charge is -2.33. The van der Waals surface area contributed by atoms with E-state index >= 15 is 0 Å². The number of unbranched alkanes of at least 4 members (excludes halogenated alkanes) is 4. The Labute approximate surface area is 88.5 Å². The number of hydrogen-bond acceptors (Lipinski definition) is 1. The molecule has 1 saturated heterocycles. The van der Waals surface area contributed by atoms with Crippen LogP contribution in [0, 0.1) is 11.1 Å². The zero-order valence-corrected chi connectivity index (χ0v) is 9.80. The molecular formula is C12H25NO. The maximum absolute atomic E-state index is 11.6. The molecule has 0 spiro atoms. The summed E-state index contributed by atoms with van der Waals surface area (Å²) in [5.74, 6) is 0.721. The summed E-state index contributed by atoms with van der Waals surface area (Å²) in [6.45, 7) is 3.96. The molecule has 0 amide bonds. The third kappa shape index (κ3) is 4.43. The van der Waals surface area contributed by atoms with Gasteiger partial charge in [-0.05, 0) is 6.42 Å². The van der Waals surface area contributed by atoms with Gasteiger partial charge in [0.1, 0.15) is 0 Å². The van der Waals surface area contributed by atoms with E-state index in [2.05, 4.69) is 6.92 Å². The van der Waals surface area contributed by atoms with Gasteiger partial charge in [0, 0.05) is 12.3 Å². The number of hydroxylamine groups is 3. The zero-order valence-electron chi connectivity index (χ0n) is 9.80. The van der Waals surface area contributed by atoms with Gasteiger partial charge in [-0.2, -0.15) is 0 Å². The largest absolute Gasteiger partial charge is 0.633 e. The second-order valence-electron chi connectivity index (χ2n) is 5.06. The topological polar surface area (TPSA) is 23.1 Å². The third-order valence-electron chi connectivity index (χ3n) is 3.37. The van der Waals surface area contributed by atoms with E-state index in [0.29, 0.717) is 0 Å². The molecule has 84 valence electrons. The summed E-state index contributed by atoms with van der Waals surface area (Å²) in [7, 11) is 1.82. The standard InChI is InChI=1S/C12H25NO/c1-3-4-5-6-7-8-12-9-10-13(2,14)11-12/h12H,3-11H2,1-2H3. The first-order chi connectivity index (χ1) is 6.64. The summed E-state index contributed by atoms with van der Waals surface area (Å²) in [5, 5.41) is 11.6. The lowest BCUT2D eigenvalue weighted by Crippen LogP contribution is -2.34. The van der Waals surface area contributed by atoms with Crippen LogP contribution in [0.5, 0.6) is 0 Å². The van der Waals surface area contributed by atoms with Crippen LogP contribution in [-0.2, 0) is 0 Å². The first kappa shape index (κ1) is 12.0. The van der Waals surface area contributed by atoms with E-state index in [1.807, 2.05) is 7.05 Å². The zero-order chi connectivity index (χ0) is 10.4. The molecule has 0 radical (unpaired) electrons. The minimum atomic E-state index is 0.0135. The van der Waals surface area contributed by atoms with Crippen LogP contribution in [-0.4, -0.2) is 24.8 Å². The van der Waals surface area contributed by atoms with Gasteiger partial charge < -0.3 is 9.85 Å². The smallest absolute Gasteiger partial charge is 0.0812 e. The molecule has 2 nitrogen and oxygen atoms in total. The highest BCUT2D eigenvalue weighted by atomic mass is 16.5. The Kier molecular flexibility index (Phi) is 4.90. The van der Waals surface area contributed by atoms with Crippen molar-refractivity contribution < 1.29 is 4.65 Å². The molecule has 1 heterocycles. The van der Waals surface area contributed by atoms with E-state index < -0.39 is 0 Å². The van der Waals surface area contributed by atoms with Crippen molar-refractivity contribution in [3.63, 3.8) is 0 Å². The minimum absolute atomic E-state index is 0.0135. The van der Waals surface area contributed by atoms with Crippen LogP contribution in [0.2, 0.25) is 0 Å². The number of rotatable bonds is 6. The van der Waals surface area contributed by atoms with Gasteiger partial charge in [0.15, 0.2) is 0 Å². The molecule has 2 unspecified atom stereocenters. The summed E-state index contributed by atoms with van der Waals surface area (Å²) in [6.07, 6.45) is 9.23. The predicted octanol–water partition coefficient (Wildman–Crippen LogP) is 3.31. The molecule has 0 saturated carbocycles. The van der Waals surface area contributed by atoms with Crippen LogP contribution >= 0.6 is 0 Å². The fourth-order valence-corrected chi connectivity index (χ4v) is 2.46. The molecule has 0 aliphatic carbocycles. The maximum Gasteiger partial charge on any atom is 0.0812 e.